The largest absolute Gasteiger partial charge is 0.370 e. The minimum absolute atomic E-state index is 0.0512. The van der Waals surface area contributed by atoms with Crippen molar-refractivity contribution in [3.8, 4) is 0 Å². The number of piperidine rings is 1. The molecule has 1 saturated heterocycles. The molecule has 5 nitrogen and oxygen atoms in total. The number of aromatic nitrogens is 2. The zero-order chi connectivity index (χ0) is 14.8. The summed E-state index contributed by atoms with van der Waals surface area (Å²) in [6.07, 6.45) is 2.13. The third kappa shape index (κ3) is 3.58. The third-order valence-electron chi connectivity index (χ3n) is 3.78. The average molecular weight is 281 g/mol. The number of rotatable bonds is 4. The Labute approximate surface area is 121 Å². The van der Waals surface area contributed by atoms with Gasteiger partial charge in [0.05, 0.1) is 6.04 Å². The predicted molar refractivity (Wildman–Crippen MR) is 77.3 cm³/mol. The lowest BCUT2D eigenvalue weighted by Crippen LogP contribution is -2.31. The fraction of sp³-hybridized carbons (Fsp3) is 0.867. The molecule has 2 heterocycles. The van der Waals surface area contributed by atoms with E-state index >= 15 is 0 Å². The molecule has 0 bridgehead atoms. The summed E-state index contributed by atoms with van der Waals surface area (Å²) in [6.45, 7) is 12.3. The van der Waals surface area contributed by atoms with Crippen molar-refractivity contribution in [1.82, 2.24) is 15.5 Å². The zero-order valence-corrected chi connectivity index (χ0v) is 13.3. The van der Waals surface area contributed by atoms with Crippen LogP contribution in [-0.2, 0) is 4.74 Å². The highest BCUT2D eigenvalue weighted by Crippen LogP contribution is 2.35. The summed E-state index contributed by atoms with van der Waals surface area (Å²) in [6, 6.07) is 0.183. The van der Waals surface area contributed by atoms with Crippen LogP contribution in [0.25, 0.3) is 0 Å². The number of nitrogens with zero attached hydrogens (tertiary/aromatic N) is 2. The van der Waals surface area contributed by atoms with E-state index in [9.17, 15) is 0 Å². The van der Waals surface area contributed by atoms with Gasteiger partial charge in [-0.1, -0.05) is 32.9 Å². The van der Waals surface area contributed by atoms with Gasteiger partial charge in [0.25, 0.3) is 0 Å². The molecule has 1 fully saturated rings. The van der Waals surface area contributed by atoms with Crippen LogP contribution in [0, 0.1) is 11.3 Å². The van der Waals surface area contributed by atoms with Crippen LogP contribution in [0.2, 0.25) is 0 Å². The van der Waals surface area contributed by atoms with Gasteiger partial charge in [-0.2, -0.15) is 4.98 Å². The first-order chi connectivity index (χ1) is 9.41. The Balaban J connectivity index is 2.14. The summed E-state index contributed by atoms with van der Waals surface area (Å²) in [7, 11) is 0. The molecule has 20 heavy (non-hydrogen) atoms. The van der Waals surface area contributed by atoms with E-state index < -0.39 is 0 Å². The molecule has 2 rings (SSSR count). The van der Waals surface area contributed by atoms with E-state index in [1.54, 1.807) is 0 Å². The van der Waals surface area contributed by atoms with Gasteiger partial charge in [0.2, 0.25) is 11.7 Å². The predicted octanol–water partition coefficient (Wildman–Crippen LogP) is 3.25. The van der Waals surface area contributed by atoms with Crippen molar-refractivity contribution >= 4 is 0 Å². The van der Waals surface area contributed by atoms with Crippen LogP contribution in [0.3, 0.4) is 0 Å². The van der Waals surface area contributed by atoms with Crippen molar-refractivity contribution in [2.24, 2.45) is 11.3 Å². The maximum Gasteiger partial charge on any atom is 0.243 e. The van der Waals surface area contributed by atoms with Crippen LogP contribution in [0.15, 0.2) is 4.52 Å². The third-order valence-corrected chi connectivity index (χ3v) is 3.78. The van der Waals surface area contributed by atoms with E-state index in [2.05, 4.69) is 43.2 Å². The Hall–Kier alpha value is -0.940. The summed E-state index contributed by atoms with van der Waals surface area (Å²) in [4.78, 5) is 4.59. The Morgan fingerprint density at radius 2 is 2.20 bits per heavy atom. The number of hydrogen-bond donors (Lipinski definition) is 1. The van der Waals surface area contributed by atoms with E-state index in [-0.39, 0.29) is 17.6 Å². The molecule has 1 aromatic heterocycles. The highest BCUT2D eigenvalue weighted by Gasteiger charge is 2.33. The summed E-state index contributed by atoms with van der Waals surface area (Å²) in [5, 5.41) is 7.60. The van der Waals surface area contributed by atoms with E-state index in [4.69, 9.17) is 9.26 Å². The standard InChI is InChI=1S/C15H27N3O2/c1-6-19-12(15(3,4)5)13-17-14(20-18-13)11-9-10(2)7-8-16-11/h10-12,16H,6-9H2,1-5H3. The lowest BCUT2D eigenvalue weighted by Gasteiger charge is -2.27. The van der Waals surface area contributed by atoms with Crippen molar-refractivity contribution in [1.29, 1.82) is 0 Å². The second kappa shape index (κ2) is 6.22. The summed E-state index contributed by atoms with van der Waals surface area (Å²) < 4.78 is 11.3. The monoisotopic (exact) mass is 281 g/mol. The number of nitrogens with one attached hydrogen (secondary N) is 1. The molecule has 0 amide bonds. The molecule has 1 aliphatic rings. The lowest BCUT2D eigenvalue weighted by atomic mass is 9.88. The maximum absolute atomic E-state index is 5.81. The molecule has 0 radical (unpaired) electrons. The van der Waals surface area contributed by atoms with Crippen molar-refractivity contribution in [2.45, 2.75) is 59.6 Å². The first-order valence-electron chi connectivity index (χ1n) is 7.60. The Morgan fingerprint density at radius 3 is 2.80 bits per heavy atom. The molecule has 1 aliphatic heterocycles. The number of ether oxygens (including phenoxy) is 1. The SMILES string of the molecule is CCOC(c1noc(C2CC(C)CCN2)n1)C(C)(C)C. The zero-order valence-electron chi connectivity index (χ0n) is 13.3. The second-order valence-electron chi connectivity index (χ2n) is 6.83. The van der Waals surface area contributed by atoms with Crippen LogP contribution in [0.4, 0.5) is 0 Å². The molecule has 1 aromatic rings. The average Bonchev–Trinajstić information content (AvgIpc) is 2.83. The van der Waals surface area contributed by atoms with Gasteiger partial charge in [-0.15, -0.1) is 0 Å². The van der Waals surface area contributed by atoms with Crippen molar-refractivity contribution in [3.63, 3.8) is 0 Å². The van der Waals surface area contributed by atoms with E-state index in [1.807, 2.05) is 6.92 Å². The van der Waals surface area contributed by atoms with Crippen LogP contribution >= 0.6 is 0 Å². The van der Waals surface area contributed by atoms with Gasteiger partial charge in [-0.05, 0) is 37.6 Å². The molecule has 3 atom stereocenters. The smallest absolute Gasteiger partial charge is 0.243 e. The summed E-state index contributed by atoms with van der Waals surface area (Å²) >= 11 is 0. The first kappa shape index (κ1) is 15.4. The molecule has 3 unspecified atom stereocenters. The van der Waals surface area contributed by atoms with Crippen LogP contribution in [-0.4, -0.2) is 23.3 Å². The minimum Gasteiger partial charge on any atom is -0.370 e. The molecular weight excluding hydrogens is 254 g/mol. The molecule has 0 saturated carbocycles. The fourth-order valence-corrected chi connectivity index (χ4v) is 2.67. The van der Waals surface area contributed by atoms with Crippen LogP contribution < -0.4 is 5.32 Å². The van der Waals surface area contributed by atoms with Gasteiger partial charge in [0.15, 0.2) is 0 Å². The van der Waals surface area contributed by atoms with Gasteiger partial charge >= 0.3 is 0 Å². The Bertz CT molecular complexity index is 425. The van der Waals surface area contributed by atoms with Crippen molar-refractivity contribution in [3.05, 3.63) is 11.7 Å². The summed E-state index contributed by atoms with van der Waals surface area (Å²) in [5.41, 5.74) is -0.0512. The van der Waals surface area contributed by atoms with Gasteiger partial charge < -0.3 is 14.6 Å². The number of hydrogen-bond acceptors (Lipinski definition) is 5. The quantitative estimate of drug-likeness (QED) is 0.918. The molecule has 5 heteroatoms. The fourth-order valence-electron chi connectivity index (χ4n) is 2.67. The van der Waals surface area contributed by atoms with Crippen LogP contribution in [0.1, 0.15) is 71.3 Å². The van der Waals surface area contributed by atoms with Gasteiger partial charge in [-0.3, -0.25) is 0 Å². The van der Waals surface area contributed by atoms with Gasteiger partial charge in [0, 0.05) is 6.61 Å². The Kier molecular flexibility index (Phi) is 4.81. The van der Waals surface area contributed by atoms with Gasteiger partial charge in [-0.25, -0.2) is 0 Å². The van der Waals surface area contributed by atoms with E-state index in [1.165, 1.54) is 6.42 Å². The van der Waals surface area contributed by atoms with Crippen molar-refractivity contribution < 1.29 is 9.26 Å². The first-order valence-corrected chi connectivity index (χ1v) is 7.60. The van der Waals surface area contributed by atoms with Crippen LogP contribution in [0.5, 0.6) is 0 Å². The molecule has 0 aromatic carbocycles. The van der Waals surface area contributed by atoms with Crippen molar-refractivity contribution in [2.75, 3.05) is 13.2 Å². The van der Waals surface area contributed by atoms with E-state index in [0.29, 0.717) is 24.2 Å². The molecule has 1 N–H and O–H groups in total. The second-order valence-corrected chi connectivity index (χ2v) is 6.83. The molecule has 114 valence electrons. The minimum atomic E-state index is -0.133. The normalized spacial score (nSPS) is 25.6. The molecular formula is C15H27N3O2. The maximum atomic E-state index is 5.81. The summed E-state index contributed by atoms with van der Waals surface area (Å²) in [5.74, 6) is 2.05. The molecule has 0 aliphatic carbocycles. The topological polar surface area (TPSA) is 60.2 Å². The highest BCUT2D eigenvalue weighted by molar-refractivity contribution is 5.00. The molecule has 0 spiro atoms. The van der Waals surface area contributed by atoms with Gasteiger partial charge in [0.1, 0.15) is 6.10 Å². The lowest BCUT2D eigenvalue weighted by molar-refractivity contribution is -0.0203. The Morgan fingerprint density at radius 1 is 1.45 bits per heavy atom. The highest BCUT2D eigenvalue weighted by atomic mass is 16.5. The van der Waals surface area contributed by atoms with E-state index in [0.717, 1.165) is 13.0 Å².